The molecular weight excluding hydrogens is 433 g/mol. The maximum absolute atomic E-state index is 6.55. The van der Waals surface area contributed by atoms with Gasteiger partial charge in [-0.15, -0.1) is 0 Å². The number of hydrogen-bond acceptors (Lipinski definition) is 6. The molecule has 0 amide bonds. The van der Waals surface area contributed by atoms with Crippen molar-refractivity contribution in [2.24, 2.45) is 0 Å². The van der Waals surface area contributed by atoms with Gasteiger partial charge in [0.15, 0.2) is 16.6 Å². The molecule has 1 saturated heterocycles. The summed E-state index contributed by atoms with van der Waals surface area (Å²) in [7, 11) is -13.3. The van der Waals surface area contributed by atoms with Gasteiger partial charge in [-0.1, -0.05) is 0 Å². The summed E-state index contributed by atoms with van der Waals surface area (Å²) in [5.41, 5.74) is 0. The van der Waals surface area contributed by atoms with Crippen molar-refractivity contribution < 1.29 is 25.3 Å². The lowest BCUT2D eigenvalue weighted by Gasteiger charge is -2.43. The third-order valence-corrected chi connectivity index (χ3v) is 23.7. The van der Waals surface area contributed by atoms with E-state index in [9.17, 15) is 0 Å². The summed E-state index contributed by atoms with van der Waals surface area (Å²) < 4.78 is 38.7. The lowest BCUT2D eigenvalue weighted by molar-refractivity contribution is 0.223. The molecule has 0 aliphatic carbocycles. The zero-order valence-corrected chi connectivity index (χ0v) is 24.9. The summed E-state index contributed by atoms with van der Waals surface area (Å²) >= 11 is 0. The molecule has 12 heteroatoms. The van der Waals surface area contributed by atoms with Crippen molar-refractivity contribution in [1.29, 1.82) is 0 Å². The third kappa shape index (κ3) is 9.51. The number of rotatable bonds is 0. The molecule has 0 atom stereocenters. The highest BCUT2D eigenvalue weighted by Gasteiger charge is 2.46. The van der Waals surface area contributed by atoms with Crippen molar-refractivity contribution in [2.45, 2.75) is 78.6 Å². The number of hydrogen-bond donors (Lipinski definition) is 0. The first-order chi connectivity index (χ1) is 11.2. The van der Waals surface area contributed by atoms with Crippen molar-refractivity contribution in [3.8, 4) is 0 Å². The smallest absolute Gasteiger partial charge is 0.322 e. The fourth-order valence-corrected chi connectivity index (χ4v) is 31.1. The summed E-state index contributed by atoms with van der Waals surface area (Å²) in [6, 6.07) is 0. The molecule has 6 nitrogen and oxygen atoms in total. The van der Waals surface area contributed by atoms with E-state index < -0.39 is 50.9 Å². The van der Waals surface area contributed by atoms with E-state index in [2.05, 4.69) is 78.6 Å². The molecular formula is C14H40O6Si6. The fourth-order valence-electron chi connectivity index (χ4n) is 3.37. The molecule has 0 spiro atoms. The molecule has 0 aromatic heterocycles. The lowest BCUT2D eigenvalue weighted by atomic mass is 11.7. The van der Waals surface area contributed by atoms with E-state index in [1.54, 1.807) is 0 Å². The first kappa shape index (κ1) is 25.1. The Morgan fingerprint density at radius 2 is 0.654 bits per heavy atom. The van der Waals surface area contributed by atoms with E-state index in [4.69, 9.17) is 25.3 Å². The van der Waals surface area contributed by atoms with Gasteiger partial charge in [0.1, 0.15) is 0 Å². The van der Waals surface area contributed by atoms with Gasteiger partial charge in [0, 0.05) is 0 Å². The van der Waals surface area contributed by atoms with Crippen LogP contribution in [0.3, 0.4) is 0 Å². The van der Waals surface area contributed by atoms with Crippen molar-refractivity contribution in [2.75, 3.05) is 12.5 Å². The molecule has 0 aromatic carbocycles. The maximum Gasteiger partial charge on any atom is 0.322 e. The van der Waals surface area contributed by atoms with Gasteiger partial charge in [-0.05, 0) is 78.6 Å². The van der Waals surface area contributed by atoms with Gasteiger partial charge < -0.3 is 25.3 Å². The van der Waals surface area contributed by atoms with Crippen LogP contribution in [-0.4, -0.2) is 63.3 Å². The predicted octanol–water partition coefficient (Wildman–Crippen LogP) is 4.40. The third-order valence-electron chi connectivity index (χ3n) is 3.56. The molecule has 0 bridgehead atoms. The second-order valence-electron chi connectivity index (χ2n) is 10.1. The zero-order chi connectivity index (χ0) is 20.7. The average Bonchev–Trinajstić information content (AvgIpc) is 2.28. The van der Waals surface area contributed by atoms with E-state index in [0.717, 1.165) is 0 Å². The van der Waals surface area contributed by atoms with Gasteiger partial charge >= 0.3 is 34.2 Å². The predicted molar refractivity (Wildman–Crippen MR) is 121 cm³/mol. The summed E-state index contributed by atoms with van der Waals surface area (Å²) in [6.45, 7) is 25.6. The Morgan fingerprint density at radius 1 is 0.385 bits per heavy atom. The van der Waals surface area contributed by atoms with Crippen LogP contribution in [0.4, 0.5) is 0 Å². The Balaban J connectivity index is 3.13. The van der Waals surface area contributed by atoms with E-state index in [1.165, 1.54) is 0 Å². The molecule has 1 aliphatic heterocycles. The van der Waals surface area contributed by atoms with Gasteiger partial charge in [-0.3, -0.25) is 0 Å². The van der Waals surface area contributed by atoms with Gasteiger partial charge in [-0.2, -0.15) is 0 Å². The van der Waals surface area contributed by atoms with Gasteiger partial charge in [0.25, 0.3) is 0 Å². The van der Waals surface area contributed by atoms with Gasteiger partial charge in [0.05, 0.1) is 12.5 Å². The first-order valence-corrected chi connectivity index (χ1v) is 26.8. The molecule has 156 valence electrons. The fraction of sp³-hybridized carbons (Fsp3) is 1.00. The van der Waals surface area contributed by atoms with Crippen LogP contribution in [0.5, 0.6) is 0 Å². The summed E-state index contributed by atoms with van der Waals surface area (Å²) in [5.74, 6) is 0. The van der Waals surface area contributed by atoms with E-state index in [0.29, 0.717) is 12.5 Å². The molecule has 26 heavy (non-hydrogen) atoms. The van der Waals surface area contributed by atoms with Crippen molar-refractivity contribution >= 4 is 50.9 Å². The van der Waals surface area contributed by atoms with Crippen LogP contribution >= 0.6 is 0 Å². The molecule has 1 fully saturated rings. The van der Waals surface area contributed by atoms with Crippen LogP contribution < -0.4 is 0 Å². The first-order valence-electron chi connectivity index (χ1n) is 9.33. The normalized spacial score (nSPS) is 30.9. The molecule has 0 saturated carbocycles. The Kier molecular flexibility index (Phi) is 7.78. The largest absolute Gasteiger partial charge is 0.435 e. The Morgan fingerprint density at radius 3 is 0.923 bits per heavy atom. The van der Waals surface area contributed by atoms with Crippen LogP contribution in [0.1, 0.15) is 0 Å². The van der Waals surface area contributed by atoms with E-state index >= 15 is 0 Å². The SMILES string of the molecule is C[Si]1(C)CO[Si](C)(C)O[Si](C)(C)O[Si](C)(C)CO[Si](C)(C)O[Si](C)(C)O1. The highest BCUT2D eigenvalue weighted by molar-refractivity contribution is 6.89. The molecule has 0 unspecified atom stereocenters. The van der Waals surface area contributed by atoms with Crippen LogP contribution in [0.25, 0.3) is 0 Å². The van der Waals surface area contributed by atoms with Crippen LogP contribution in [-0.2, 0) is 25.3 Å². The highest BCUT2D eigenvalue weighted by Crippen LogP contribution is 2.26. The van der Waals surface area contributed by atoms with Crippen LogP contribution in [0.2, 0.25) is 78.6 Å². The van der Waals surface area contributed by atoms with Gasteiger partial charge in [0.2, 0.25) is 0 Å². The molecule has 1 rings (SSSR count). The molecule has 1 aliphatic rings. The van der Waals surface area contributed by atoms with E-state index in [-0.39, 0.29) is 0 Å². The minimum Gasteiger partial charge on any atom is -0.435 e. The van der Waals surface area contributed by atoms with Crippen molar-refractivity contribution in [3.63, 3.8) is 0 Å². The van der Waals surface area contributed by atoms with Crippen molar-refractivity contribution in [1.82, 2.24) is 0 Å². The monoisotopic (exact) mass is 472 g/mol. The standard InChI is InChI=1S/C14H40O6Si6/c1-21(2)13-15-23(5,6)20-26(11,12)18-22(3,4)14-16-24(7,8)19-25(9,10)17-21/h13-14H2,1-12H3. The molecule has 0 radical (unpaired) electrons. The van der Waals surface area contributed by atoms with Crippen molar-refractivity contribution in [3.05, 3.63) is 0 Å². The lowest BCUT2D eigenvalue weighted by Crippen LogP contribution is -2.60. The average molecular weight is 473 g/mol. The Labute approximate surface area is 167 Å². The van der Waals surface area contributed by atoms with Gasteiger partial charge in [-0.25, -0.2) is 0 Å². The minimum absolute atomic E-state index is 0.611. The molecule has 0 aromatic rings. The van der Waals surface area contributed by atoms with Crippen LogP contribution in [0, 0.1) is 0 Å². The Bertz CT molecular complexity index is 410. The second-order valence-corrected chi connectivity index (χ2v) is 32.8. The van der Waals surface area contributed by atoms with E-state index in [1.807, 2.05) is 0 Å². The summed E-state index contributed by atoms with van der Waals surface area (Å²) in [4.78, 5) is 0. The molecule has 1 heterocycles. The summed E-state index contributed by atoms with van der Waals surface area (Å²) in [5, 5.41) is 0. The quantitative estimate of drug-likeness (QED) is 0.487. The van der Waals surface area contributed by atoms with Crippen LogP contribution in [0.15, 0.2) is 0 Å². The zero-order valence-electron chi connectivity index (χ0n) is 18.9. The molecule has 0 N–H and O–H groups in total. The topological polar surface area (TPSA) is 55.4 Å². The Hall–Kier alpha value is 1.06. The highest BCUT2D eigenvalue weighted by atomic mass is 28.5. The maximum atomic E-state index is 6.55. The minimum atomic E-state index is -2.31. The summed E-state index contributed by atoms with van der Waals surface area (Å²) in [6.07, 6.45) is 1.22. The second kappa shape index (κ2) is 8.06.